The second-order valence-electron chi connectivity index (χ2n) is 9.39. The number of para-hydroxylation sites is 1. The van der Waals surface area contributed by atoms with Crippen LogP contribution in [0, 0.1) is 5.92 Å². The Morgan fingerprint density at radius 2 is 1.42 bits per heavy atom. The predicted octanol–water partition coefficient (Wildman–Crippen LogP) is 3.92. The SMILES string of the molecule is CC(C)C[C@H](NC(CCN1C(=O)c2cc3ccccc3cc2C1=O)C(=O)O)C(=O)Nc1ccccc1. The molecule has 4 rings (SSSR count). The van der Waals surface area contributed by atoms with Crippen LogP contribution >= 0.6 is 0 Å². The number of imide groups is 1. The van der Waals surface area contributed by atoms with Gasteiger partial charge in [0.1, 0.15) is 6.04 Å². The number of anilines is 1. The van der Waals surface area contributed by atoms with Gasteiger partial charge in [-0.3, -0.25) is 29.4 Å². The average molecular weight is 488 g/mol. The molecule has 8 heteroatoms. The Morgan fingerprint density at radius 1 is 0.861 bits per heavy atom. The molecule has 3 N–H and O–H groups in total. The fourth-order valence-electron chi connectivity index (χ4n) is 4.43. The first-order valence-corrected chi connectivity index (χ1v) is 12.0. The maximum absolute atomic E-state index is 13.0. The summed E-state index contributed by atoms with van der Waals surface area (Å²) in [7, 11) is 0. The molecule has 0 saturated heterocycles. The highest BCUT2D eigenvalue weighted by atomic mass is 16.4. The van der Waals surface area contributed by atoms with Gasteiger partial charge in [-0.15, -0.1) is 0 Å². The number of carboxylic acids is 1. The van der Waals surface area contributed by atoms with Gasteiger partial charge in [0.05, 0.1) is 17.2 Å². The molecule has 1 heterocycles. The molecule has 8 nitrogen and oxygen atoms in total. The lowest BCUT2D eigenvalue weighted by atomic mass is 10.0. The summed E-state index contributed by atoms with van der Waals surface area (Å²) in [6.45, 7) is 3.81. The van der Waals surface area contributed by atoms with E-state index in [0.29, 0.717) is 23.2 Å². The van der Waals surface area contributed by atoms with Crippen LogP contribution in [0.25, 0.3) is 10.8 Å². The maximum Gasteiger partial charge on any atom is 0.320 e. The highest BCUT2D eigenvalue weighted by Crippen LogP contribution is 2.28. The molecular weight excluding hydrogens is 458 g/mol. The van der Waals surface area contributed by atoms with E-state index in [0.717, 1.165) is 15.7 Å². The molecule has 0 spiro atoms. The number of nitrogens with one attached hydrogen (secondary N) is 2. The molecular formula is C28H29N3O5. The van der Waals surface area contributed by atoms with Crippen molar-refractivity contribution in [2.75, 3.05) is 11.9 Å². The van der Waals surface area contributed by atoms with Crippen molar-refractivity contribution in [1.29, 1.82) is 0 Å². The lowest BCUT2D eigenvalue weighted by Crippen LogP contribution is -2.50. The second-order valence-corrected chi connectivity index (χ2v) is 9.39. The Morgan fingerprint density at radius 3 is 1.94 bits per heavy atom. The van der Waals surface area contributed by atoms with Gasteiger partial charge in [-0.2, -0.15) is 0 Å². The summed E-state index contributed by atoms with van der Waals surface area (Å²) in [6, 6.07) is 17.9. The van der Waals surface area contributed by atoms with E-state index in [2.05, 4.69) is 10.6 Å². The predicted molar refractivity (Wildman–Crippen MR) is 137 cm³/mol. The number of hydrogen-bond donors (Lipinski definition) is 3. The minimum absolute atomic E-state index is 0.0342. The van der Waals surface area contributed by atoms with Gasteiger partial charge in [-0.25, -0.2) is 0 Å². The number of aliphatic carboxylic acids is 1. The van der Waals surface area contributed by atoms with Crippen LogP contribution in [0.4, 0.5) is 5.69 Å². The van der Waals surface area contributed by atoms with Crippen molar-refractivity contribution in [2.45, 2.75) is 38.8 Å². The van der Waals surface area contributed by atoms with Crippen molar-refractivity contribution in [1.82, 2.24) is 10.2 Å². The van der Waals surface area contributed by atoms with Crippen LogP contribution in [-0.2, 0) is 9.59 Å². The van der Waals surface area contributed by atoms with Gasteiger partial charge in [0.25, 0.3) is 11.8 Å². The zero-order valence-corrected chi connectivity index (χ0v) is 20.2. The molecule has 0 fully saturated rings. The summed E-state index contributed by atoms with van der Waals surface area (Å²) in [4.78, 5) is 52.1. The maximum atomic E-state index is 13.0. The van der Waals surface area contributed by atoms with Crippen LogP contribution in [0.3, 0.4) is 0 Å². The highest BCUT2D eigenvalue weighted by molar-refractivity contribution is 6.23. The van der Waals surface area contributed by atoms with Gasteiger partial charge in [-0.05, 0) is 53.8 Å². The number of carbonyl (C=O) groups excluding carboxylic acids is 3. The van der Waals surface area contributed by atoms with E-state index < -0.39 is 29.9 Å². The molecule has 0 radical (unpaired) electrons. The molecule has 0 saturated carbocycles. The van der Waals surface area contributed by atoms with Crippen LogP contribution in [0.5, 0.6) is 0 Å². The molecule has 1 aliphatic heterocycles. The van der Waals surface area contributed by atoms with Crippen molar-refractivity contribution in [3.05, 3.63) is 77.9 Å². The number of fused-ring (bicyclic) bond motifs is 2. The molecule has 0 aromatic heterocycles. The van der Waals surface area contributed by atoms with E-state index in [1.807, 2.05) is 44.2 Å². The van der Waals surface area contributed by atoms with Crippen molar-refractivity contribution < 1.29 is 24.3 Å². The summed E-state index contributed by atoms with van der Waals surface area (Å²) < 4.78 is 0. The van der Waals surface area contributed by atoms with Crippen LogP contribution in [0.2, 0.25) is 0 Å². The van der Waals surface area contributed by atoms with Gasteiger partial charge in [0.15, 0.2) is 0 Å². The van der Waals surface area contributed by atoms with Gasteiger partial charge >= 0.3 is 5.97 Å². The Kier molecular flexibility index (Phi) is 7.45. The fraction of sp³-hybridized carbons (Fsp3) is 0.286. The number of rotatable bonds is 10. The van der Waals surface area contributed by atoms with E-state index in [9.17, 15) is 24.3 Å². The lowest BCUT2D eigenvalue weighted by molar-refractivity contribution is -0.140. The monoisotopic (exact) mass is 487 g/mol. The quantitative estimate of drug-likeness (QED) is 0.373. The summed E-state index contributed by atoms with van der Waals surface area (Å²) in [5, 5.41) is 17.3. The van der Waals surface area contributed by atoms with Crippen molar-refractivity contribution in [2.24, 2.45) is 5.92 Å². The number of hydrogen-bond acceptors (Lipinski definition) is 5. The third-order valence-corrected chi connectivity index (χ3v) is 6.24. The van der Waals surface area contributed by atoms with E-state index in [1.54, 1.807) is 36.4 Å². The van der Waals surface area contributed by atoms with E-state index in [1.165, 1.54) is 0 Å². The Balaban J connectivity index is 1.47. The third kappa shape index (κ3) is 5.44. The molecule has 1 unspecified atom stereocenters. The minimum atomic E-state index is -1.15. The minimum Gasteiger partial charge on any atom is -0.480 e. The molecule has 0 bridgehead atoms. The normalized spacial score (nSPS) is 14.7. The van der Waals surface area contributed by atoms with E-state index in [4.69, 9.17) is 0 Å². The van der Waals surface area contributed by atoms with Crippen LogP contribution < -0.4 is 10.6 Å². The molecule has 186 valence electrons. The smallest absolute Gasteiger partial charge is 0.320 e. The largest absolute Gasteiger partial charge is 0.480 e. The van der Waals surface area contributed by atoms with Crippen molar-refractivity contribution >= 4 is 40.2 Å². The Labute approximate surface area is 209 Å². The summed E-state index contributed by atoms with van der Waals surface area (Å²) in [6.07, 6.45) is 0.385. The zero-order valence-electron chi connectivity index (χ0n) is 20.2. The van der Waals surface area contributed by atoms with Crippen molar-refractivity contribution in [3.8, 4) is 0 Å². The zero-order chi connectivity index (χ0) is 25.8. The van der Waals surface area contributed by atoms with Gasteiger partial charge in [0.2, 0.25) is 5.91 Å². The van der Waals surface area contributed by atoms with Crippen LogP contribution in [-0.4, -0.2) is 52.3 Å². The molecule has 2 atom stereocenters. The number of carbonyl (C=O) groups is 4. The second kappa shape index (κ2) is 10.7. The summed E-state index contributed by atoms with van der Waals surface area (Å²) in [5.74, 6) is -2.24. The number of amides is 3. The molecule has 3 aromatic rings. The molecule has 3 amide bonds. The summed E-state index contributed by atoms with van der Waals surface area (Å²) in [5.41, 5.74) is 1.25. The molecule has 1 aliphatic rings. The topological polar surface area (TPSA) is 116 Å². The standard InChI is InChI=1S/C28H29N3O5/c1-17(2)14-24(25(32)29-20-10-4-3-5-11-20)30-23(28(35)36)12-13-31-26(33)21-15-18-8-6-7-9-19(18)16-22(21)27(31)34/h3-11,15-17,23-24,30H,12-14H2,1-2H3,(H,29,32)(H,35,36)/t23?,24-/m0/s1. The first-order valence-electron chi connectivity index (χ1n) is 12.0. The van der Waals surface area contributed by atoms with Gasteiger partial charge in [0, 0.05) is 12.2 Å². The summed E-state index contributed by atoms with van der Waals surface area (Å²) >= 11 is 0. The van der Waals surface area contributed by atoms with E-state index >= 15 is 0 Å². The van der Waals surface area contributed by atoms with Gasteiger partial charge in [-0.1, -0.05) is 56.3 Å². The van der Waals surface area contributed by atoms with Crippen LogP contribution in [0.15, 0.2) is 66.7 Å². The number of nitrogens with zero attached hydrogens (tertiary/aromatic N) is 1. The van der Waals surface area contributed by atoms with Crippen LogP contribution in [0.1, 0.15) is 47.4 Å². The fourth-order valence-corrected chi connectivity index (χ4v) is 4.43. The number of benzene rings is 3. The highest BCUT2D eigenvalue weighted by Gasteiger charge is 2.37. The van der Waals surface area contributed by atoms with Crippen molar-refractivity contribution in [3.63, 3.8) is 0 Å². The molecule has 0 aliphatic carbocycles. The molecule has 3 aromatic carbocycles. The lowest BCUT2D eigenvalue weighted by Gasteiger charge is -2.25. The number of carboxylic acid groups (broad SMARTS) is 1. The first-order chi connectivity index (χ1) is 17.2. The molecule has 36 heavy (non-hydrogen) atoms. The Bertz CT molecular complexity index is 1250. The third-order valence-electron chi connectivity index (χ3n) is 6.24. The Hall–Kier alpha value is -4.04. The first kappa shape index (κ1) is 25.1. The average Bonchev–Trinajstić information content (AvgIpc) is 3.08. The van der Waals surface area contributed by atoms with E-state index in [-0.39, 0.29) is 24.8 Å². The van der Waals surface area contributed by atoms with Gasteiger partial charge < -0.3 is 10.4 Å².